The molecule has 3 rings (SSSR count). The zero-order valence-electron chi connectivity index (χ0n) is 10.4. The molecule has 0 spiro atoms. The number of piperidine rings is 1. The van der Waals surface area contributed by atoms with Crippen molar-refractivity contribution in [2.24, 2.45) is 0 Å². The van der Waals surface area contributed by atoms with Gasteiger partial charge >= 0.3 is 0 Å². The molecule has 1 aromatic carbocycles. The van der Waals surface area contributed by atoms with Crippen molar-refractivity contribution in [3.8, 4) is 0 Å². The fraction of sp³-hybridized carbons (Fsp3) is 0.308. The fourth-order valence-electron chi connectivity index (χ4n) is 2.50. The molecule has 104 valence electrons. The number of imide groups is 1. The smallest absolute Gasteiger partial charge is 0.249 e. The number of rotatable bonds is 2. The number of amides is 2. The number of halogens is 2. The van der Waals surface area contributed by atoms with Crippen LogP contribution in [0.15, 0.2) is 18.2 Å². The molecule has 0 aliphatic carbocycles. The third-order valence-corrected chi connectivity index (χ3v) is 3.62. The highest BCUT2D eigenvalue weighted by atomic mass is 35.5. The van der Waals surface area contributed by atoms with Crippen molar-refractivity contribution in [2.75, 3.05) is 0 Å². The lowest BCUT2D eigenvalue weighted by Gasteiger charge is -2.24. The summed E-state index contributed by atoms with van der Waals surface area (Å²) in [6.07, 6.45) is 0.601. The first-order valence-electron chi connectivity index (χ1n) is 6.17. The highest BCUT2D eigenvalue weighted by Crippen LogP contribution is 2.28. The number of para-hydroxylation sites is 1. The van der Waals surface area contributed by atoms with Crippen LogP contribution in [0.1, 0.15) is 24.7 Å². The maximum Gasteiger partial charge on any atom is 0.249 e. The predicted octanol–water partition coefficient (Wildman–Crippen LogP) is 1.89. The van der Waals surface area contributed by atoms with E-state index in [1.807, 2.05) is 0 Å². The Morgan fingerprint density at radius 2 is 2.25 bits per heavy atom. The van der Waals surface area contributed by atoms with E-state index in [0.29, 0.717) is 17.8 Å². The first-order valence-corrected chi connectivity index (χ1v) is 6.70. The summed E-state index contributed by atoms with van der Waals surface area (Å²) >= 11 is 5.85. The Hall–Kier alpha value is -1.95. The molecule has 1 fully saturated rings. The first kappa shape index (κ1) is 13.1. The van der Waals surface area contributed by atoms with Crippen LogP contribution in [-0.4, -0.2) is 21.4 Å². The molecule has 1 aliphatic heterocycles. The molecule has 0 bridgehead atoms. The number of aromatic nitrogens is 2. The van der Waals surface area contributed by atoms with Crippen LogP contribution in [0.2, 0.25) is 0 Å². The van der Waals surface area contributed by atoms with Crippen molar-refractivity contribution in [2.45, 2.75) is 24.8 Å². The minimum Gasteiger partial charge on any atom is -0.314 e. The van der Waals surface area contributed by atoms with Gasteiger partial charge in [0.05, 0.1) is 11.4 Å². The minimum absolute atomic E-state index is 0.0614. The Balaban J connectivity index is 2.17. The summed E-state index contributed by atoms with van der Waals surface area (Å²) in [5.74, 6) is -0.683. The Labute approximate surface area is 118 Å². The molecule has 0 radical (unpaired) electrons. The van der Waals surface area contributed by atoms with Crippen molar-refractivity contribution >= 4 is 34.4 Å². The van der Waals surface area contributed by atoms with E-state index in [1.54, 1.807) is 16.7 Å². The molecule has 2 amide bonds. The van der Waals surface area contributed by atoms with Crippen LogP contribution < -0.4 is 5.32 Å². The Morgan fingerprint density at radius 1 is 1.45 bits per heavy atom. The second-order valence-corrected chi connectivity index (χ2v) is 4.87. The standard InChI is InChI=1S/C13H11ClFN3O2/c14-6-10-16-12-7(15)2-1-3-8(12)18(10)9-4-5-11(19)17-13(9)20/h1-3,9H,4-6H2,(H,17,19,20). The van der Waals surface area contributed by atoms with Gasteiger partial charge < -0.3 is 4.57 Å². The number of alkyl halides is 1. The number of benzene rings is 1. The van der Waals surface area contributed by atoms with Crippen molar-refractivity contribution < 1.29 is 14.0 Å². The molecule has 2 aromatic rings. The normalized spacial score (nSPS) is 19.4. The van der Waals surface area contributed by atoms with E-state index in [4.69, 9.17) is 11.6 Å². The number of hydrogen-bond acceptors (Lipinski definition) is 3. The van der Waals surface area contributed by atoms with E-state index in [9.17, 15) is 14.0 Å². The second kappa shape index (κ2) is 4.86. The second-order valence-electron chi connectivity index (χ2n) is 4.61. The van der Waals surface area contributed by atoms with Gasteiger partial charge in [0.15, 0.2) is 5.82 Å². The Kier molecular flexibility index (Phi) is 3.17. The number of carbonyl (C=O) groups is 2. The molecule has 1 aliphatic rings. The summed E-state index contributed by atoms with van der Waals surface area (Å²) in [4.78, 5) is 27.4. The summed E-state index contributed by atoms with van der Waals surface area (Å²) in [7, 11) is 0. The third kappa shape index (κ3) is 1.96. The highest BCUT2D eigenvalue weighted by Gasteiger charge is 2.31. The van der Waals surface area contributed by atoms with Crippen LogP contribution >= 0.6 is 11.6 Å². The average molecular weight is 296 g/mol. The summed E-state index contributed by atoms with van der Waals surface area (Å²) in [5.41, 5.74) is 0.697. The van der Waals surface area contributed by atoms with Crippen LogP contribution in [0.3, 0.4) is 0 Å². The van der Waals surface area contributed by atoms with Crippen molar-refractivity contribution in [1.29, 1.82) is 0 Å². The highest BCUT2D eigenvalue weighted by molar-refractivity contribution is 6.17. The predicted molar refractivity (Wildman–Crippen MR) is 70.7 cm³/mol. The van der Waals surface area contributed by atoms with Gasteiger partial charge in [-0.3, -0.25) is 14.9 Å². The molecule has 1 atom stereocenters. The lowest BCUT2D eigenvalue weighted by molar-refractivity contribution is -0.135. The molecule has 0 saturated carbocycles. The van der Waals surface area contributed by atoms with Gasteiger partial charge in [0.25, 0.3) is 0 Å². The van der Waals surface area contributed by atoms with Gasteiger partial charge in [-0.1, -0.05) is 6.07 Å². The minimum atomic E-state index is -0.590. The molecule has 1 aromatic heterocycles. The molecule has 1 unspecified atom stereocenters. The molecule has 1 N–H and O–H groups in total. The zero-order chi connectivity index (χ0) is 14.3. The van der Waals surface area contributed by atoms with Gasteiger partial charge in [-0.15, -0.1) is 11.6 Å². The first-order chi connectivity index (χ1) is 9.61. The topological polar surface area (TPSA) is 64.0 Å². The van der Waals surface area contributed by atoms with Gasteiger partial charge in [0.1, 0.15) is 17.4 Å². The average Bonchev–Trinajstić information content (AvgIpc) is 2.79. The van der Waals surface area contributed by atoms with Crippen molar-refractivity contribution in [3.63, 3.8) is 0 Å². The van der Waals surface area contributed by atoms with E-state index in [-0.39, 0.29) is 23.7 Å². The van der Waals surface area contributed by atoms with Gasteiger partial charge in [0, 0.05) is 6.42 Å². The molecule has 1 saturated heterocycles. The van der Waals surface area contributed by atoms with Gasteiger partial charge in [-0.2, -0.15) is 0 Å². The van der Waals surface area contributed by atoms with Crippen LogP contribution in [0.25, 0.3) is 11.0 Å². The third-order valence-electron chi connectivity index (χ3n) is 3.39. The molecule has 7 heteroatoms. The van der Waals surface area contributed by atoms with E-state index in [2.05, 4.69) is 10.3 Å². The van der Waals surface area contributed by atoms with E-state index < -0.39 is 17.8 Å². The maximum absolute atomic E-state index is 13.8. The number of fused-ring (bicyclic) bond motifs is 1. The fourth-order valence-corrected chi connectivity index (χ4v) is 2.69. The van der Waals surface area contributed by atoms with Gasteiger partial charge in [-0.25, -0.2) is 9.37 Å². The maximum atomic E-state index is 13.8. The number of nitrogens with one attached hydrogen (secondary N) is 1. The number of hydrogen-bond donors (Lipinski definition) is 1. The molecular formula is C13H11ClFN3O2. The number of nitrogens with zero attached hydrogens (tertiary/aromatic N) is 2. The molecule has 2 heterocycles. The zero-order valence-corrected chi connectivity index (χ0v) is 11.2. The van der Waals surface area contributed by atoms with E-state index in [1.165, 1.54) is 6.07 Å². The van der Waals surface area contributed by atoms with Crippen LogP contribution in [0.5, 0.6) is 0 Å². The number of carbonyl (C=O) groups excluding carboxylic acids is 2. The summed E-state index contributed by atoms with van der Waals surface area (Å²) in [6, 6.07) is 3.96. The van der Waals surface area contributed by atoms with Crippen molar-refractivity contribution in [1.82, 2.24) is 14.9 Å². The lowest BCUT2D eigenvalue weighted by Crippen LogP contribution is -2.42. The Morgan fingerprint density at radius 3 is 2.95 bits per heavy atom. The van der Waals surface area contributed by atoms with Crippen LogP contribution in [-0.2, 0) is 15.5 Å². The van der Waals surface area contributed by atoms with E-state index in [0.717, 1.165) is 0 Å². The van der Waals surface area contributed by atoms with Gasteiger partial charge in [0.2, 0.25) is 11.8 Å². The SMILES string of the molecule is O=C1CCC(n2c(CCl)nc3c(F)cccc32)C(=O)N1. The molecule has 5 nitrogen and oxygen atoms in total. The summed E-state index contributed by atoms with van der Waals surface area (Å²) < 4.78 is 15.4. The van der Waals surface area contributed by atoms with Gasteiger partial charge in [-0.05, 0) is 18.6 Å². The largest absolute Gasteiger partial charge is 0.314 e. The molecule has 20 heavy (non-hydrogen) atoms. The molecular weight excluding hydrogens is 285 g/mol. The lowest BCUT2D eigenvalue weighted by atomic mass is 10.1. The quantitative estimate of drug-likeness (QED) is 0.680. The van der Waals surface area contributed by atoms with Crippen LogP contribution in [0.4, 0.5) is 4.39 Å². The number of imidazole rings is 1. The summed E-state index contributed by atoms with van der Waals surface area (Å²) in [5, 5.41) is 2.28. The van der Waals surface area contributed by atoms with Crippen LogP contribution in [0, 0.1) is 5.82 Å². The monoisotopic (exact) mass is 295 g/mol. The van der Waals surface area contributed by atoms with Crippen molar-refractivity contribution in [3.05, 3.63) is 29.8 Å². The Bertz CT molecular complexity index is 713. The van der Waals surface area contributed by atoms with E-state index >= 15 is 0 Å². The summed E-state index contributed by atoms with van der Waals surface area (Å²) in [6.45, 7) is 0.